The highest BCUT2D eigenvalue weighted by atomic mass is 35.5. The molecular weight excluding hydrogens is 240 g/mol. The van der Waals surface area contributed by atoms with Crippen LogP contribution in [0.3, 0.4) is 0 Å². The summed E-state index contributed by atoms with van der Waals surface area (Å²) in [4.78, 5) is 0. The van der Waals surface area contributed by atoms with Gasteiger partial charge in [-0.25, -0.2) is 0 Å². The van der Waals surface area contributed by atoms with Crippen LogP contribution in [-0.2, 0) is 6.61 Å². The van der Waals surface area contributed by atoms with Crippen LogP contribution < -0.4 is 4.74 Å². The van der Waals surface area contributed by atoms with Crippen LogP contribution in [0.1, 0.15) is 31.2 Å². The highest BCUT2D eigenvalue weighted by Gasteiger charge is 2.06. The van der Waals surface area contributed by atoms with Crippen LogP contribution in [0.5, 0.6) is 5.75 Å². The summed E-state index contributed by atoms with van der Waals surface area (Å²) in [6.07, 6.45) is 3.84. The molecule has 0 fully saturated rings. The first-order valence-electron chi connectivity index (χ1n) is 5.91. The molecule has 0 atom stereocenters. The maximum Gasteiger partial charge on any atom is 0.126 e. The van der Waals surface area contributed by atoms with Crippen LogP contribution in [0.2, 0.25) is 5.02 Å². The average Bonchev–Trinajstić information content (AvgIpc) is 2.34. The van der Waals surface area contributed by atoms with Crippen molar-refractivity contribution < 1.29 is 14.9 Å². The molecule has 96 valence electrons. The summed E-state index contributed by atoms with van der Waals surface area (Å²) < 4.78 is 5.58. The Morgan fingerprint density at radius 3 is 2.53 bits per heavy atom. The van der Waals surface area contributed by atoms with E-state index in [4.69, 9.17) is 21.4 Å². The molecule has 0 bridgehead atoms. The molecule has 0 aliphatic carbocycles. The van der Waals surface area contributed by atoms with Crippen LogP contribution in [0.15, 0.2) is 18.2 Å². The lowest BCUT2D eigenvalue weighted by Crippen LogP contribution is -2.01. The van der Waals surface area contributed by atoms with Gasteiger partial charge in [-0.15, -0.1) is 0 Å². The van der Waals surface area contributed by atoms with Gasteiger partial charge in [0.1, 0.15) is 5.75 Å². The summed E-state index contributed by atoms with van der Waals surface area (Å²) in [6.45, 7) is 0.752. The lowest BCUT2D eigenvalue weighted by Gasteiger charge is -2.11. The Morgan fingerprint density at radius 2 is 1.82 bits per heavy atom. The van der Waals surface area contributed by atoms with E-state index >= 15 is 0 Å². The Balaban J connectivity index is 2.33. The Hall–Kier alpha value is -0.770. The molecule has 17 heavy (non-hydrogen) atoms. The number of halogens is 1. The summed E-state index contributed by atoms with van der Waals surface area (Å²) in [5.41, 5.74) is 0.643. The second-order valence-electron chi connectivity index (χ2n) is 3.86. The van der Waals surface area contributed by atoms with Crippen molar-refractivity contribution in [3.8, 4) is 5.75 Å². The Kier molecular flexibility index (Phi) is 7.01. The zero-order valence-electron chi connectivity index (χ0n) is 9.86. The minimum absolute atomic E-state index is 0.112. The molecule has 1 aromatic carbocycles. The second-order valence-corrected chi connectivity index (χ2v) is 4.27. The molecule has 0 amide bonds. The van der Waals surface area contributed by atoms with Crippen molar-refractivity contribution in [2.24, 2.45) is 0 Å². The van der Waals surface area contributed by atoms with Crippen molar-refractivity contribution >= 4 is 11.6 Å². The smallest absolute Gasteiger partial charge is 0.126 e. The number of benzene rings is 1. The van der Waals surface area contributed by atoms with E-state index in [2.05, 4.69) is 0 Å². The van der Waals surface area contributed by atoms with Gasteiger partial charge in [0.25, 0.3) is 0 Å². The van der Waals surface area contributed by atoms with Crippen LogP contribution in [0.4, 0.5) is 0 Å². The molecule has 2 N–H and O–H groups in total. The van der Waals surface area contributed by atoms with E-state index in [-0.39, 0.29) is 13.2 Å². The molecule has 0 heterocycles. The van der Waals surface area contributed by atoms with Crippen molar-refractivity contribution in [1.29, 1.82) is 0 Å². The molecule has 0 unspecified atom stereocenters. The number of unbranched alkanes of at least 4 members (excludes halogenated alkanes) is 3. The summed E-state index contributed by atoms with van der Waals surface area (Å²) in [6, 6.07) is 5.36. The maximum atomic E-state index is 9.18. The first-order valence-corrected chi connectivity index (χ1v) is 6.29. The fraction of sp³-hybridized carbons (Fsp3) is 0.538. The fourth-order valence-corrected chi connectivity index (χ4v) is 1.80. The van der Waals surface area contributed by atoms with Crippen molar-refractivity contribution in [2.75, 3.05) is 13.2 Å². The molecule has 1 rings (SSSR count). The second kappa shape index (κ2) is 8.34. The van der Waals surface area contributed by atoms with Gasteiger partial charge in [0.2, 0.25) is 0 Å². The summed E-state index contributed by atoms with van der Waals surface area (Å²) in [7, 11) is 0. The third-order valence-corrected chi connectivity index (χ3v) is 2.90. The first kappa shape index (κ1) is 14.3. The Labute approximate surface area is 107 Å². The first-order chi connectivity index (χ1) is 8.29. The third-order valence-electron chi connectivity index (χ3n) is 2.54. The average molecular weight is 259 g/mol. The summed E-state index contributed by atoms with van der Waals surface area (Å²) in [5, 5.41) is 18.3. The molecule has 0 saturated carbocycles. The maximum absolute atomic E-state index is 9.18. The highest BCUT2D eigenvalue weighted by molar-refractivity contribution is 6.31. The number of hydrogen-bond acceptors (Lipinski definition) is 3. The molecule has 0 aliphatic rings. The molecular formula is C13H19ClO3. The topological polar surface area (TPSA) is 49.7 Å². The van der Waals surface area contributed by atoms with Gasteiger partial charge in [-0.3, -0.25) is 0 Å². The zero-order valence-corrected chi connectivity index (χ0v) is 10.6. The lowest BCUT2D eigenvalue weighted by molar-refractivity contribution is 0.256. The third kappa shape index (κ3) is 4.94. The zero-order chi connectivity index (χ0) is 12.5. The van der Waals surface area contributed by atoms with Crippen molar-refractivity contribution in [3.63, 3.8) is 0 Å². The van der Waals surface area contributed by atoms with E-state index in [1.807, 2.05) is 12.1 Å². The van der Waals surface area contributed by atoms with Crippen LogP contribution in [0.25, 0.3) is 0 Å². The number of hydrogen-bond donors (Lipinski definition) is 2. The number of aliphatic hydroxyl groups excluding tert-OH is 2. The molecule has 1 aromatic rings. The van der Waals surface area contributed by atoms with E-state index in [9.17, 15) is 5.11 Å². The largest absolute Gasteiger partial charge is 0.493 e. The molecule has 0 spiro atoms. The molecule has 0 radical (unpaired) electrons. The minimum atomic E-state index is -0.112. The van der Waals surface area contributed by atoms with E-state index in [0.717, 1.165) is 25.7 Å². The molecule has 0 aromatic heterocycles. The van der Waals surface area contributed by atoms with Crippen LogP contribution >= 0.6 is 11.6 Å². The normalized spacial score (nSPS) is 10.5. The fourth-order valence-electron chi connectivity index (χ4n) is 1.58. The summed E-state index contributed by atoms with van der Waals surface area (Å²) in [5.74, 6) is 0.655. The van der Waals surface area contributed by atoms with Crippen molar-refractivity contribution in [2.45, 2.75) is 32.3 Å². The monoisotopic (exact) mass is 258 g/mol. The SMILES string of the molecule is OCCCCCCOc1cccc(Cl)c1CO. The van der Waals surface area contributed by atoms with Crippen molar-refractivity contribution in [3.05, 3.63) is 28.8 Å². The Morgan fingerprint density at radius 1 is 1.06 bits per heavy atom. The number of ether oxygens (including phenoxy) is 1. The van der Waals surface area contributed by atoms with Gasteiger partial charge >= 0.3 is 0 Å². The predicted molar refractivity (Wildman–Crippen MR) is 68.4 cm³/mol. The van der Waals surface area contributed by atoms with Crippen LogP contribution in [0, 0.1) is 0 Å². The van der Waals surface area contributed by atoms with Gasteiger partial charge in [0.05, 0.1) is 13.2 Å². The van der Waals surface area contributed by atoms with Gasteiger partial charge < -0.3 is 14.9 Å². The van der Waals surface area contributed by atoms with E-state index in [1.165, 1.54) is 0 Å². The van der Waals surface area contributed by atoms with Gasteiger partial charge in [-0.1, -0.05) is 24.1 Å². The van der Waals surface area contributed by atoms with Gasteiger partial charge in [-0.05, 0) is 31.4 Å². The molecule has 4 heteroatoms. The van der Waals surface area contributed by atoms with E-state index in [1.54, 1.807) is 6.07 Å². The quantitative estimate of drug-likeness (QED) is 0.705. The number of aliphatic hydroxyl groups is 2. The van der Waals surface area contributed by atoms with E-state index < -0.39 is 0 Å². The minimum Gasteiger partial charge on any atom is -0.493 e. The van der Waals surface area contributed by atoms with Gasteiger partial charge in [0.15, 0.2) is 0 Å². The predicted octanol–water partition coefficient (Wildman–Crippen LogP) is 2.76. The van der Waals surface area contributed by atoms with E-state index in [0.29, 0.717) is 22.9 Å². The molecule has 0 aliphatic heterocycles. The lowest BCUT2D eigenvalue weighted by atomic mass is 10.2. The standard InChI is InChI=1S/C13H19ClO3/c14-12-6-5-7-13(11(12)10-16)17-9-4-2-1-3-8-15/h5-7,15-16H,1-4,8-10H2. The Bertz CT molecular complexity index is 328. The van der Waals surface area contributed by atoms with Crippen LogP contribution in [-0.4, -0.2) is 23.4 Å². The van der Waals surface area contributed by atoms with Crippen molar-refractivity contribution in [1.82, 2.24) is 0 Å². The summed E-state index contributed by atoms with van der Waals surface area (Å²) >= 11 is 5.94. The molecule has 0 saturated heterocycles. The molecule has 3 nitrogen and oxygen atoms in total. The number of rotatable bonds is 8. The van der Waals surface area contributed by atoms with Gasteiger partial charge in [-0.2, -0.15) is 0 Å². The highest BCUT2D eigenvalue weighted by Crippen LogP contribution is 2.26. The van der Waals surface area contributed by atoms with Gasteiger partial charge in [0, 0.05) is 17.2 Å².